The van der Waals surface area contributed by atoms with Crippen LogP contribution in [0.15, 0.2) is 32.6 Å². The first-order valence-electron chi connectivity index (χ1n) is 5.39. The zero-order valence-corrected chi connectivity index (χ0v) is 12.1. The first-order valence-corrected chi connectivity index (χ1v) is 7.00. The summed E-state index contributed by atoms with van der Waals surface area (Å²) in [6.45, 7) is 0. The third-order valence-corrected chi connectivity index (χ3v) is 4.16. The van der Waals surface area contributed by atoms with E-state index < -0.39 is 11.6 Å². The number of aromatic nitrogens is 2. The highest BCUT2D eigenvalue weighted by molar-refractivity contribution is 9.11. The maximum atomic E-state index is 13.7. The van der Waals surface area contributed by atoms with Gasteiger partial charge in [0.25, 0.3) is 5.89 Å². The number of nitrogen functional groups attached to an aromatic ring is 1. The Morgan fingerprint density at radius 2 is 2.00 bits per heavy atom. The van der Waals surface area contributed by atoms with Crippen molar-refractivity contribution in [2.24, 2.45) is 0 Å². The molecule has 2 aromatic heterocycles. The van der Waals surface area contributed by atoms with Gasteiger partial charge in [0.2, 0.25) is 5.82 Å². The van der Waals surface area contributed by atoms with E-state index in [1.54, 1.807) is 6.07 Å². The molecule has 0 saturated heterocycles. The fraction of sp³-hybridized carbons (Fsp3) is 0. The maximum Gasteiger partial charge on any atom is 0.261 e. The van der Waals surface area contributed by atoms with Crippen LogP contribution in [-0.2, 0) is 0 Å². The van der Waals surface area contributed by atoms with Crippen molar-refractivity contribution >= 4 is 33.0 Å². The van der Waals surface area contributed by atoms with Crippen LogP contribution < -0.4 is 5.73 Å². The molecule has 0 aliphatic heterocycles. The second-order valence-electron chi connectivity index (χ2n) is 3.88. The van der Waals surface area contributed by atoms with Crippen LogP contribution in [0.4, 0.5) is 14.5 Å². The van der Waals surface area contributed by atoms with Crippen molar-refractivity contribution in [3.8, 4) is 22.2 Å². The molecule has 8 heteroatoms. The summed E-state index contributed by atoms with van der Waals surface area (Å²) in [7, 11) is 0. The van der Waals surface area contributed by atoms with Gasteiger partial charge in [-0.15, -0.1) is 11.3 Å². The van der Waals surface area contributed by atoms with Crippen molar-refractivity contribution in [2.45, 2.75) is 0 Å². The highest BCUT2D eigenvalue weighted by Gasteiger charge is 2.17. The molecule has 0 aliphatic carbocycles. The Labute approximate surface area is 124 Å². The average molecular weight is 358 g/mol. The number of hydrogen-bond acceptors (Lipinski definition) is 5. The van der Waals surface area contributed by atoms with Gasteiger partial charge in [-0.25, -0.2) is 8.78 Å². The Hall–Kier alpha value is -1.80. The molecule has 0 fully saturated rings. The van der Waals surface area contributed by atoms with Crippen LogP contribution >= 0.6 is 27.3 Å². The molecule has 0 saturated carbocycles. The fourth-order valence-electron chi connectivity index (χ4n) is 1.60. The highest BCUT2D eigenvalue weighted by atomic mass is 79.9. The van der Waals surface area contributed by atoms with Gasteiger partial charge in [0.1, 0.15) is 11.6 Å². The molecule has 2 heterocycles. The van der Waals surface area contributed by atoms with Crippen LogP contribution in [0.2, 0.25) is 0 Å². The Kier molecular flexibility index (Phi) is 3.27. The third kappa shape index (κ3) is 2.32. The minimum atomic E-state index is -0.826. The van der Waals surface area contributed by atoms with Gasteiger partial charge < -0.3 is 10.3 Å². The van der Waals surface area contributed by atoms with Gasteiger partial charge in [-0.1, -0.05) is 5.16 Å². The topological polar surface area (TPSA) is 64.9 Å². The maximum absolute atomic E-state index is 13.7. The van der Waals surface area contributed by atoms with Gasteiger partial charge in [-0.2, -0.15) is 4.98 Å². The predicted molar refractivity (Wildman–Crippen MR) is 75.1 cm³/mol. The number of anilines is 1. The van der Waals surface area contributed by atoms with Crippen molar-refractivity contribution in [3.05, 3.63) is 39.7 Å². The van der Waals surface area contributed by atoms with Crippen LogP contribution in [0.1, 0.15) is 0 Å². The SMILES string of the molecule is Nc1cc(-c2nc(-c3ccc(Br)s3)no2)c(F)cc1F. The van der Waals surface area contributed by atoms with E-state index in [0.717, 1.165) is 14.7 Å². The molecule has 0 unspecified atom stereocenters. The van der Waals surface area contributed by atoms with E-state index in [2.05, 4.69) is 26.1 Å². The number of hydrogen-bond donors (Lipinski definition) is 1. The molecular formula is C12H6BrF2N3OS. The summed E-state index contributed by atoms with van der Waals surface area (Å²) in [6, 6.07) is 5.47. The lowest BCUT2D eigenvalue weighted by molar-refractivity contribution is 0.429. The highest BCUT2D eigenvalue weighted by Crippen LogP contribution is 2.32. The van der Waals surface area contributed by atoms with E-state index in [1.165, 1.54) is 11.3 Å². The van der Waals surface area contributed by atoms with Crippen molar-refractivity contribution in [1.29, 1.82) is 0 Å². The van der Waals surface area contributed by atoms with Crippen molar-refractivity contribution in [3.63, 3.8) is 0 Å². The molecule has 0 bridgehead atoms. The third-order valence-electron chi connectivity index (χ3n) is 2.54. The molecule has 102 valence electrons. The summed E-state index contributed by atoms with van der Waals surface area (Å²) >= 11 is 4.74. The van der Waals surface area contributed by atoms with Gasteiger partial charge >= 0.3 is 0 Å². The number of thiophene rings is 1. The standard InChI is InChI=1S/C12H6BrF2N3OS/c13-10-2-1-9(20-10)11-17-12(19-18-11)5-3-8(16)7(15)4-6(5)14/h1-4H,16H2. The molecule has 4 nitrogen and oxygen atoms in total. The second kappa shape index (κ2) is 4.95. The summed E-state index contributed by atoms with van der Waals surface area (Å²) in [5, 5.41) is 3.77. The first kappa shape index (κ1) is 13.2. The molecule has 3 rings (SSSR count). The predicted octanol–water partition coefficient (Wildman–Crippen LogP) is 4.09. The Bertz CT molecular complexity index is 787. The zero-order valence-electron chi connectivity index (χ0n) is 9.73. The number of nitrogens with two attached hydrogens (primary N) is 1. The zero-order chi connectivity index (χ0) is 14.3. The van der Waals surface area contributed by atoms with Crippen LogP contribution in [0.5, 0.6) is 0 Å². The smallest absolute Gasteiger partial charge is 0.261 e. The molecule has 2 N–H and O–H groups in total. The van der Waals surface area contributed by atoms with Crippen LogP contribution in [0.3, 0.4) is 0 Å². The van der Waals surface area contributed by atoms with E-state index in [1.807, 2.05) is 6.07 Å². The Morgan fingerprint density at radius 1 is 1.20 bits per heavy atom. The van der Waals surface area contributed by atoms with Crippen LogP contribution in [0.25, 0.3) is 22.2 Å². The van der Waals surface area contributed by atoms with Crippen LogP contribution in [-0.4, -0.2) is 10.1 Å². The molecule has 0 atom stereocenters. The van der Waals surface area contributed by atoms with E-state index in [4.69, 9.17) is 10.3 Å². The summed E-state index contributed by atoms with van der Waals surface area (Å²) < 4.78 is 32.7. The monoisotopic (exact) mass is 357 g/mol. The first-order chi connectivity index (χ1) is 9.54. The lowest BCUT2D eigenvalue weighted by Gasteiger charge is -2.00. The summed E-state index contributed by atoms with van der Waals surface area (Å²) in [6.07, 6.45) is 0. The van der Waals surface area contributed by atoms with Crippen molar-refractivity contribution < 1.29 is 13.3 Å². The molecule has 3 aromatic rings. The van der Waals surface area contributed by atoms with E-state index >= 15 is 0 Å². The van der Waals surface area contributed by atoms with Crippen molar-refractivity contribution in [2.75, 3.05) is 5.73 Å². The largest absolute Gasteiger partial charge is 0.396 e. The number of benzene rings is 1. The molecule has 0 amide bonds. The lowest BCUT2D eigenvalue weighted by Crippen LogP contribution is -1.94. The molecule has 0 aliphatic rings. The van der Waals surface area contributed by atoms with Gasteiger partial charge in [-0.05, 0) is 34.1 Å². The summed E-state index contributed by atoms with van der Waals surface area (Å²) in [4.78, 5) is 4.86. The average Bonchev–Trinajstić information content (AvgIpc) is 3.02. The summed E-state index contributed by atoms with van der Waals surface area (Å²) in [5.41, 5.74) is 5.20. The number of rotatable bonds is 2. The minimum absolute atomic E-state index is 0.0294. The second-order valence-corrected chi connectivity index (χ2v) is 6.34. The van der Waals surface area contributed by atoms with Crippen LogP contribution in [0, 0.1) is 11.6 Å². The summed E-state index contributed by atoms with van der Waals surface area (Å²) in [5.74, 6) is -1.35. The Balaban J connectivity index is 2.04. The van der Waals surface area contributed by atoms with Gasteiger partial charge in [0, 0.05) is 6.07 Å². The quantitative estimate of drug-likeness (QED) is 0.701. The molecular weight excluding hydrogens is 352 g/mol. The molecule has 20 heavy (non-hydrogen) atoms. The fourth-order valence-corrected chi connectivity index (χ4v) is 2.91. The number of nitrogens with zero attached hydrogens (tertiary/aromatic N) is 2. The van der Waals surface area contributed by atoms with Gasteiger partial charge in [0.05, 0.1) is 19.9 Å². The van der Waals surface area contributed by atoms with Gasteiger partial charge in [0.15, 0.2) is 0 Å². The normalized spacial score (nSPS) is 10.9. The van der Waals surface area contributed by atoms with E-state index in [9.17, 15) is 8.78 Å². The van der Waals surface area contributed by atoms with Crippen molar-refractivity contribution in [1.82, 2.24) is 10.1 Å². The molecule has 0 spiro atoms. The van der Waals surface area contributed by atoms with E-state index in [-0.39, 0.29) is 17.1 Å². The molecule has 1 aromatic carbocycles. The number of halogens is 3. The van der Waals surface area contributed by atoms with Gasteiger partial charge in [-0.3, -0.25) is 0 Å². The van der Waals surface area contributed by atoms with E-state index in [0.29, 0.717) is 11.9 Å². The lowest BCUT2D eigenvalue weighted by atomic mass is 10.2. The molecule has 0 radical (unpaired) electrons. The minimum Gasteiger partial charge on any atom is -0.396 e. The Morgan fingerprint density at radius 3 is 2.70 bits per heavy atom.